The molecule has 0 bridgehead atoms. The summed E-state index contributed by atoms with van der Waals surface area (Å²) in [4.78, 5) is 0. The van der Waals surface area contributed by atoms with Crippen LogP contribution in [0.5, 0.6) is 0 Å². The highest BCUT2D eigenvalue weighted by molar-refractivity contribution is 5.36. The van der Waals surface area contributed by atoms with Gasteiger partial charge < -0.3 is 5.32 Å². The van der Waals surface area contributed by atoms with Crippen molar-refractivity contribution in [3.05, 3.63) is 34.9 Å². The minimum Gasteiger partial charge on any atom is -0.310 e. The van der Waals surface area contributed by atoms with Gasteiger partial charge in [0.2, 0.25) is 0 Å². The number of benzene rings is 1. The number of rotatable bonds is 2. The zero-order valence-corrected chi connectivity index (χ0v) is 10.4. The number of nitrogens with one attached hydrogen (secondary N) is 1. The molecule has 1 fully saturated rings. The van der Waals surface area contributed by atoms with Crippen LogP contribution in [-0.2, 0) is 5.92 Å². The number of halogens is 2. The van der Waals surface area contributed by atoms with E-state index in [4.69, 9.17) is 0 Å². The van der Waals surface area contributed by atoms with Crippen LogP contribution in [0.15, 0.2) is 18.2 Å². The van der Waals surface area contributed by atoms with Gasteiger partial charge in [-0.3, -0.25) is 0 Å². The fraction of sp³-hybridized carbons (Fsp3) is 0.571. The van der Waals surface area contributed by atoms with E-state index in [9.17, 15) is 8.78 Å². The second kappa shape index (κ2) is 4.73. The van der Waals surface area contributed by atoms with E-state index in [0.717, 1.165) is 43.9 Å². The molecule has 0 radical (unpaired) electrons. The van der Waals surface area contributed by atoms with Gasteiger partial charge in [0.15, 0.2) is 0 Å². The van der Waals surface area contributed by atoms with Gasteiger partial charge in [0.05, 0.1) is 0 Å². The van der Waals surface area contributed by atoms with E-state index in [-0.39, 0.29) is 11.6 Å². The number of alkyl halides is 2. The van der Waals surface area contributed by atoms with Crippen LogP contribution in [0.1, 0.15) is 48.9 Å². The maximum absolute atomic E-state index is 13.6. The summed E-state index contributed by atoms with van der Waals surface area (Å²) in [7, 11) is 0. The number of hydrogen-bond acceptors (Lipinski definition) is 1. The van der Waals surface area contributed by atoms with Crippen LogP contribution in [0.25, 0.3) is 0 Å². The standard InChI is InChI=1S/C14H19F2N/c1-10-6-7-12(14(2,15)16)11(9-10)13-5-3-4-8-17-13/h6-7,9,13,17H,3-5,8H2,1-2H3. The molecule has 0 saturated carbocycles. The normalized spacial score (nSPS) is 21.5. The summed E-state index contributed by atoms with van der Waals surface area (Å²) in [6.45, 7) is 3.85. The van der Waals surface area contributed by atoms with Crippen molar-refractivity contribution in [3.63, 3.8) is 0 Å². The highest BCUT2D eigenvalue weighted by atomic mass is 19.3. The largest absolute Gasteiger partial charge is 0.310 e. The lowest BCUT2D eigenvalue weighted by molar-refractivity contribution is 0.0158. The fourth-order valence-electron chi connectivity index (χ4n) is 2.49. The second-order valence-corrected chi connectivity index (χ2v) is 4.98. The van der Waals surface area contributed by atoms with E-state index in [1.807, 2.05) is 13.0 Å². The Balaban J connectivity index is 2.39. The third-order valence-corrected chi connectivity index (χ3v) is 3.37. The van der Waals surface area contributed by atoms with Gasteiger partial charge in [-0.1, -0.05) is 30.2 Å². The quantitative estimate of drug-likeness (QED) is 0.824. The van der Waals surface area contributed by atoms with Gasteiger partial charge in [0, 0.05) is 18.5 Å². The molecule has 0 spiro atoms. The van der Waals surface area contributed by atoms with Gasteiger partial charge in [-0.25, -0.2) is 8.78 Å². The highest BCUT2D eigenvalue weighted by Gasteiger charge is 2.30. The maximum atomic E-state index is 13.6. The molecular weight excluding hydrogens is 220 g/mol. The molecule has 3 heteroatoms. The van der Waals surface area contributed by atoms with Gasteiger partial charge in [0.1, 0.15) is 0 Å². The lowest BCUT2D eigenvalue weighted by atomic mass is 9.90. The predicted molar refractivity (Wildman–Crippen MR) is 65.3 cm³/mol. The molecule has 1 N–H and O–H groups in total. The Morgan fingerprint density at radius 3 is 2.65 bits per heavy atom. The lowest BCUT2D eigenvalue weighted by Gasteiger charge is -2.28. The van der Waals surface area contributed by atoms with Gasteiger partial charge in [-0.05, 0) is 31.9 Å². The van der Waals surface area contributed by atoms with Crippen LogP contribution in [0.3, 0.4) is 0 Å². The van der Waals surface area contributed by atoms with E-state index < -0.39 is 5.92 Å². The summed E-state index contributed by atoms with van der Waals surface area (Å²) in [6, 6.07) is 5.32. The first-order valence-corrected chi connectivity index (χ1v) is 6.21. The number of aryl methyl sites for hydroxylation is 1. The van der Waals surface area contributed by atoms with Crippen LogP contribution in [0.4, 0.5) is 8.78 Å². The van der Waals surface area contributed by atoms with Gasteiger partial charge in [0.25, 0.3) is 5.92 Å². The third-order valence-electron chi connectivity index (χ3n) is 3.37. The Hall–Kier alpha value is -0.960. The third kappa shape index (κ3) is 2.83. The fourth-order valence-corrected chi connectivity index (χ4v) is 2.49. The average molecular weight is 239 g/mol. The van der Waals surface area contributed by atoms with Crippen molar-refractivity contribution in [3.8, 4) is 0 Å². The van der Waals surface area contributed by atoms with E-state index in [2.05, 4.69) is 5.32 Å². The Labute approximate surface area is 101 Å². The topological polar surface area (TPSA) is 12.0 Å². The van der Waals surface area contributed by atoms with Crippen LogP contribution in [0, 0.1) is 6.92 Å². The molecule has 1 aromatic carbocycles. The highest BCUT2D eigenvalue weighted by Crippen LogP contribution is 2.35. The molecule has 1 heterocycles. The summed E-state index contributed by atoms with van der Waals surface area (Å²) >= 11 is 0. The molecule has 94 valence electrons. The van der Waals surface area contributed by atoms with Crippen molar-refractivity contribution in [2.45, 2.75) is 45.1 Å². The monoisotopic (exact) mass is 239 g/mol. The molecule has 0 aromatic heterocycles. The summed E-state index contributed by atoms with van der Waals surface area (Å²) < 4.78 is 27.1. The summed E-state index contributed by atoms with van der Waals surface area (Å²) in [5.74, 6) is -2.76. The summed E-state index contributed by atoms with van der Waals surface area (Å²) in [5.41, 5.74) is 1.99. The Morgan fingerprint density at radius 2 is 2.06 bits per heavy atom. The molecular formula is C14H19F2N. The zero-order valence-electron chi connectivity index (χ0n) is 10.4. The van der Waals surface area contributed by atoms with Gasteiger partial charge in [-0.15, -0.1) is 0 Å². The molecule has 0 amide bonds. The Kier molecular flexibility index (Phi) is 3.48. The van der Waals surface area contributed by atoms with Crippen molar-refractivity contribution in [2.24, 2.45) is 0 Å². The van der Waals surface area contributed by atoms with E-state index in [0.29, 0.717) is 0 Å². The molecule has 1 nitrogen and oxygen atoms in total. The second-order valence-electron chi connectivity index (χ2n) is 4.98. The molecule has 2 rings (SSSR count). The van der Waals surface area contributed by atoms with E-state index >= 15 is 0 Å². The van der Waals surface area contributed by atoms with Crippen molar-refractivity contribution >= 4 is 0 Å². The summed E-state index contributed by atoms with van der Waals surface area (Å²) in [5, 5.41) is 3.34. The molecule has 0 aliphatic carbocycles. The molecule has 1 saturated heterocycles. The minimum absolute atomic E-state index is 0.0875. The molecule has 1 aliphatic heterocycles. The molecule has 17 heavy (non-hydrogen) atoms. The predicted octanol–water partition coefficient (Wildman–Crippen LogP) is 3.92. The molecule has 1 unspecified atom stereocenters. The first kappa shape index (κ1) is 12.5. The van der Waals surface area contributed by atoms with Crippen molar-refractivity contribution in [1.29, 1.82) is 0 Å². The Morgan fingerprint density at radius 1 is 1.29 bits per heavy atom. The smallest absolute Gasteiger partial charge is 0.270 e. The number of hydrogen-bond donors (Lipinski definition) is 1. The number of piperidine rings is 1. The van der Waals surface area contributed by atoms with Gasteiger partial charge >= 0.3 is 0 Å². The maximum Gasteiger partial charge on any atom is 0.270 e. The Bertz CT molecular complexity index is 390. The van der Waals surface area contributed by atoms with Crippen molar-refractivity contribution in [2.75, 3.05) is 6.54 Å². The average Bonchev–Trinajstić information content (AvgIpc) is 2.28. The van der Waals surface area contributed by atoms with Crippen LogP contribution in [-0.4, -0.2) is 6.54 Å². The SMILES string of the molecule is Cc1ccc(C(C)(F)F)c(C2CCCCN2)c1. The van der Waals surface area contributed by atoms with Crippen LogP contribution < -0.4 is 5.32 Å². The van der Waals surface area contributed by atoms with Crippen molar-refractivity contribution < 1.29 is 8.78 Å². The summed E-state index contributed by atoms with van der Waals surface area (Å²) in [6.07, 6.45) is 3.20. The van der Waals surface area contributed by atoms with Gasteiger partial charge in [-0.2, -0.15) is 0 Å². The van der Waals surface area contributed by atoms with Crippen molar-refractivity contribution in [1.82, 2.24) is 5.32 Å². The molecule has 1 aliphatic rings. The lowest BCUT2D eigenvalue weighted by Crippen LogP contribution is -2.29. The van der Waals surface area contributed by atoms with Crippen LogP contribution >= 0.6 is 0 Å². The van der Waals surface area contributed by atoms with Crippen LogP contribution in [0.2, 0.25) is 0 Å². The first-order chi connectivity index (χ1) is 7.98. The van der Waals surface area contributed by atoms with E-state index in [1.54, 1.807) is 12.1 Å². The van der Waals surface area contributed by atoms with E-state index in [1.165, 1.54) is 0 Å². The minimum atomic E-state index is -2.76. The first-order valence-electron chi connectivity index (χ1n) is 6.21. The molecule has 1 aromatic rings. The zero-order chi connectivity index (χ0) is 12.5. The molecule has 1 atom stereocenters.